The van der Waals surface area contributed by atoms with E-state index in [0.29, 0.717) is 0 Å². The summed E-state index contributed by atoms with van der Waals surface area (Å²) in [6.07, 6.45) is 0. The van der Waals surface area contributed by atoms with Gasteiger partial charge in [-0.05, 0) is 7.05 Å². The van der Waals surface area contributed by atoms with E-state index in [2.05, 4.69) is 17.3 Å². The van der Waals surface area contributed by atoms with Gasteiger partial charge in [0.25, 0.3) is 0 Å². The number of nitrogens with zero attached hydrogens (tertiary/aromatic N) is 2. The molecular weight excluding hydrogens is 88.1 g/mol. The smallest absolute Gasteiger partial charge is 0.0555 e. The first-order valence-electron chi connectivity index (χ1n) is 2.56. The highest BCUT2D eigenvalue weighted by molar-refractivity contribution is 4.72. The molecule has 1 heterocycles. The summed E-state index contributed by atoms with van der Waals surface area (Å²) in [6, 6.07) is 0. The average molecular weight is 98.1 g/mol. The molecule has 1 fully saturated rings. The second-order valence-corrected chi connectivity index (χ2v) is 1.85. The lowest BCUT2D eigenvalue weighted by molar-refractivity contribution is 0.316. The van der Waals surface area contributed by atoms with E-state index in [1.807, 2.05) is 6.54 Å². The molecule has 0 aromatic carbocycles. The summed E-state index contributed by atoms with van der Waals surface area (Å²) in [7, 11) is 2.10. The summed E-state index contributed by atoms with van der Waals surface area (Å²) in [5.41, 5.74) is 0. The molecule has 1 aliphatic heterocycles. The SMILES string of the molecule is CN1C[CH][N]CC1. The Bertz CT molecular complexity index is 48.0. The normalized spacial score (nSPS) is 25.3. The van der Waals surface area contributed by atoms with E-state index >= 15 is 0 Å². The molecule has 2 nitrogen and oxygen atoms in total. The molecule has 40 valence electrons. The molecule has 7 heavy (non-hydrogen) atoms. The van der Waals surface area contributed by atoms with Crippen LogP contribution in [0.15, 0.2) is 0 Å². The first-order chi connectivity index (χ1) is 3.39. The van der Waals surface area contributed by atoms with Crippen molar-refractivity contribution >= 4 is 0 Å². The molecule has 2 heteroatoms. The predicted octanol–water partition coefficient (Wildman–Crippen LogP) is -0.302. The van der Waals surface area contributed by atoms with Crippen molar-refractivity contribution in [3.63, 3.8) is 0 Å². The Morgan fingerprint density at radius 3 is 2.86 bits per heavy atom. The molecule has 0 aromatic heterocycles. The summed E-state index contributed by atoms with van der Waals surface area (Å²) in [5, 5.41) is 4.06. The van der Waals surface area contributed by atoms with Crippen LogP contribution in [0.1, 0.15) is 0 Å². The maximum Gasteiger partial charge on any atom is 0.0555 e. The summed E-state index contributed by atoms with van der Waals surface area (Å²) < 4.78 is 0. The molecule has 0 N–H and O–H groups in total. The highest BCUT2D eigenvalue weighted by Crippen LogP contribution is 1.89. The zero-order valence-electron chi connectivity index (χ0n) is 4.59. The number of likely N-dealkylation sites (N-methyl/N-ethyl adjacent to an activating group) is 1. The van der Waals surface area contributed by atoms with Crippen LogP contribution in [0.2, 0.25) is 0 Å². The lowest BCUT2D eigenvalue weighted by Gasteiger charge is -2.20. The molecule has 2 radical (unpaired) electrons. The van der Waals surface area contributed by atoms with Gasteiger partial charge in [0, 0.05) is 19.6 Å². The Morgan fingerprint density at radius 1 is 1.71 bits per heavy atom. The number of piperazine rings is 1. The summed E-state index contributed by atoms with van der Waals surface area (Å²) >= 11 is 0. The third kappa shape index (κ3) is 1.45. The Kier molecular flexibility index (Phi) is 1.65. The quantitative estimate of drug-likeness (QED) is 0.406. The molecule has 0 amide bonds. The third-order valence-electron chi connectivity index (χ3n) is 1.13. The lowest BCUT2D eigenvalue weighted by atomic mass is 10.4. The number of hydrogen-bond acceptors (Lipinski definition) is 1. The average Bonchev–Trinajstić information content (AvgIpc) is 1.69. The van der Waals surface area contributed by atoms with Crippen LogP contribution in [0.5, 0.6) is 0 Å². The molecule has 0 bridgehead atoms. The molecule has 1 saturated heterocycles. The maximum absolute atomic E-state index is 4.06. The minimum absolute atomic E-state index is 0.983. The van der Waals surface area contributed by atoms with Gasteiger partial charge in [-0.2, -0.15) is 0 Å². The van der Waals surface area contributed by atoms with E-state index in [0.717, 1.165) is 19.6 Å². The van der Waals surface area contributed by atoms with E-state index in [-0.39, 0.29) is 0 Å². The first kappa shape index (κ1) is 5.06. The minimum Gasteiger partial charge on any atom is -0.303 e. The van der Waals surface area contributed by atoms with Crippen LogP contribution >= 0.6 is 0 Å². The fraction of sp³-hybridized carbons (Fsp3) is 0.800. The molecule has 0 aromatic rings. The number of hydrogen-bond donors (Lipinski definition) is 0. The summed E-state index contributed by atoms with van der Waals surface area (Å²) in [4.78, 5) is 2.24. The Morgan fingerprint density at radius 2 is 2.57 bits per heavy atom. The van der Waals surface area contributed by atoms with Gasteiger partial charge in [0.15, 0.2) is 0 Å². The van der Waals surface area contributed by atoms with Gasteiger partial charge in [-0.15, -0.1) is 0 Å². The van der Waals surface area contributed by atoms with Crippen molar-refractivity contribution < 1.29 is 0 Å². The van der Waals surface area contributed by atoms with E-state index in [1.165, 1.54) is 0 Å². The van der Waals surface area contributed by atoms with Crippen molar-refractivity contribution in [3.05, 3.63) is 6.54 Å². The lowest BCUT2D eigenvalue weighted by Crippen LogP contribution is -2.34. The van der Waals surface area contributed by atoms with Crippen molar-refractivity contribution in [3.8, 4) is 0 Å². The first-order valence-corrected chi connectivity index (χ1v) is 2.56. The summed E-state index contributed by atoms with van der Waals surface area (Å²) in [6.45, 7) is 5.09. The van der Waals surface area contributed by atoms with Crippen molar-refractivity contribution in [1.29, 1.82) is 0 Å². The van der Waals surface area contributed by atoms with Crippen LogP contribution in [0.4, 0.5) is 0 Å². The van der Waals surface area contributed by atoms with Gasteiger partial charge >= 0.3 is 0 Å². The molecule has 0 atom stereocenters. The van der Waals surface area contributed by atoms with Crippen LogP contribution in [-0.4, -0.2) is 31.6 Å². The highest BCUT2D eigenvalue weighted by atomic mass is 15.2. The fourth-order valence-electron chi connectivity index (χ4n) is 0.608. The largest absolute Gasteiger partial charge is 0.303 e. The van der Waals surface area contributed by atoms with Gasteiger partial charge in [-0.1, -0.05) is 0 Å². The van der Waals surface area contributed by atoms with Gasteiger partial charge in [0.2, 0.25) is 0 Å². The monoisotopic (exact) mass is 98.1 g/mol. The molecule has 0 aliphatic carbocycles. The molecule has 1 aliphatic rings. The zero-order valence-corrected chi connectivity index (χ0v) is 4.59. The minimum atomic E-state index is 0.983. The van der Waals surface area contributed by atoms with Crippen molar-refractivity contribution in [2.45, 2.75) is 0 Å². The Hall–Kier alpha value is -0.0800. The second-order valence-electron chi connectivity index (χ2n) is 1.85. The standard InChI is InChI=1S/C5H10N2/c1-7-4-2-6-3-5-7/h2H,3-5H2,1H3. The van der Waals surface area contributed by atoms with Crippen molar-refractivity contribution in [2.24, 2.45) is 0 Å². The van der Waals surface area contributed by atoms with Gasteiger partial charge in [0.1, 0.15) is 0 Å². The second kappa shape index (κ2) is 2.28. The zero-order chi connectivity index (χ0) is 5.11. The summed E-state index contributed by atoms with van der Waals surface area (Å²) in [5.74, 6) is 0. The van der Waals surface area contributed by atoms with Gasteiger partial charge in [-0.25, -0.2) is 5.32 Å². The van der Waals surface area contributed by atoms with Gasteiger partial charge in [0.05, 0.1) is 6.54 Å². The van der Waals surface area contributed by atoms with Crippen molar-refractivity contribution in [2.75, 3.05) is 26.7 Å². The van der Waals surface area contributed by atoms with E-state index in [1.54, 1.807) is 0 Å². The number of rotatable bonds is 0. The molecule has 0 saturated carbocycles. The van der Waals surface area contributed by atoms with E-state index in [4.69, 9.17) is 0 Å². The predicted molar refractivity (Wildman–Crippen MR) is 28.8 cm³/mol. The maximum atomic E-state index is 4.06. The van der Waals surface area contributed by atoms with Crippen LogP contribution in [0.25, 0.3) is 0 Å². The topological polar surface area (TPSA) is 17.3 Å². The Balaban J connectivity index is 2.12. The highest BCUT2D eigenvalue weighted by Gasteiger charge is 2.02. The fourth-order valence-corrected chi connectivity index (χ4v) is 0.608. The van der Waals surface area contributed by atoms with Crippen LogP contribution in [0, 0.1) is 6.54 Å². The van der Waals surface area contributed by atoms with Crippen LogP contribution in [0.3, 0.4) is 0 Å². The van der Waals surface area contributed by atoms with E-state index in [9.17, 15) is 0 Å². The molecule has 1 rings (SSSR count). The van der Waals surface area contributed by atoms with E-state index < -0.39 is 0 Å². The molecular formula is C5H10N2. The van der Waals surface area contributed by atoms with Gasteiger partial charge < -0.3 is 4.90 Å². The van der Waals surface area contributed by atoms with Gasteiger partial charge in [-0.3, -0.25) is 0 Å². The molecule has 0 spiro atoms. The molecule has 0 unspecified atom stereocenters. The Labute approximate surface area is 44.5 Å². The van der Waals surface area contributed by atoms with Crippen LogP contribution < -0.4 is 5.32 Å². The van der Waals surface area contributed by atoms with Crippen LogP contribution in [-0.2, 0) is 0 Å². The van der Waals surface area contributed by atoms with Crippen molar-refractivity contribution in [1.82, 2.24) is 10.2 Å². The third-order valence-corrected chi connectivity index (χ3v) is 1.13.